The first kappa shape index (κ1) is 8.45. The summed E-state index contributed by atoms with van der Waals surface area (Å²) in [5.74, 6) is 0. The van der Waals surface area contributed by atoms with Gasteiger partial charge in [-0.1, -0.05) is 19.1 Å². The molecule has 0 amide bonds. The molecule has 1 atom stereocenters. The molecule has 1 saturated heterocycles. The Bertz CT molecular complexity index is 118. The van der Waals surface area contributed by atoms with Gasteiger partial charge in [-0.2, -0.15) is 0 Å². The van der Waals surface area contributed by atoms with Crippen LogP contribution >= 0.6 is 0 Å². The summed E-state index contributed by atoms with van der Waals surface area (Å²) in [4.78, 5) is 9.88. The molecule has 1 N–H and O–H groups in total. The van der Waals surface area contributed by atoms with Crippen LogP contribution in [0.3, 0.4) is 0 Å². The molecule has 0 saturated carbocycles. The van der Waals surface area contributed by atoms with Gasteiger partial charge in [-0.05, 0) is 13.0 Å². The Labute approximate surface area is 64.3 Å². The van der Waals surface area contributed by atoms with Gasteiger partial charge in [0.05, 0.1) is 0 Å². The minimum absolute atomic E-state index is 0.787. The van der Waals surface area contributed by atoms with Crippen LogP contribution in [0.25, 0.3) is 0 Å². The Balaban J connectivity index is 2.70. The van der Waals surface area contributed by atoms with Crippen molar-refractivity contribution in [2.45, 2.75) is 32.1 Å². The molecule has 0 spiro atoms. The lowest BCUT2D eigenvalue weighted by Crippen LogP contribution is -2.62. The van der Waals surface area contributed by atoms with Crippen molar-refractivity contribution in [2.75, 3.05) is 6.61 Å². The van der Waals surface area contributed by atoms with Crippen molar-refractivity contribution in [2.24, 2.45) is 0 Å². The molecule has 0 aromatic rings. The molecule has 10 heavy (non-hydrogen) atoms. The van der Waals surface area contributed by atoms with Crippen LogP contribution in [0.4, 0.5) is 0 Å². The average Bonchev–Trinajstić information content (AvgIpc) is 1.77. The van der Waals surface area contributed by atoms with Gasteiger partial charge in [-0.25, -0.2) is 0 Å². The second-order valence-corrected chi connectivity index (χ2v) is 17.2. The summed E-state index contributed by atoms with van der Waals surface area (Å²) in [6.07, 6.45) is 1.16. The monoisotopic (exact) mass is 176 g/mol. The third-order valence-electron chi connectivity index (χ3n) is 2.58. The van der Waals surface area contributed by atoms with Gasteiger partial charge in [0.15, 0.2) is 0 Å². The van der Waals surface area contributed by atoms with E-state index >= 15 is 0 Å². The van der Waals surface area contributed by atoms with Gasteiger partial charge in [0.1, 0.15) is 7.59 Å². The lowest BCUT2D eigenvalue weighted by Gasteiger charge is -2.39. The second-order valence-electron chi connectivity index (χ2n) is 3.82. The fraction of sp³-hybridized carbons (Fsp3) is 1.00. The van der Waals surface area contributed by atoms with Crippen LogP contribution in [0.15, 0.2) is 0 Å². The minimum atomic E-state index is -2.18. The second kappa shape index (κ2) is 2.44. The molecular weight excluding hydrogens is 160 g/mol. The Hall–Kier alpha value is 0.354. The van der Waals surface area contributed by atoms with E-state index in [9.17, 15) is 4.80 Å². The summed E-state index contributed by atoms with van der Waals surface area (Å²) in [6, 6.07) is 1.24. The number of hydrogen-bond acceptors (Lipinski definition) is 2. The summed E-state index contributed by atoms with van der Waals surface area (Å²) in [7, 11) is -3.53. The van der Waals surface area contributed by atoms with Crippen molar-refractivity contribution >= 4 is 15.7 Å². The lowest BCUT2D eigenvalue weighted by molar-refractivity contribution is 0.242. The van der Waals surface area contributed by atoms with Gasteiger partial charge in [0.25, 0.3) is 0 Å². The van der Waals surface area contributed by atoms with E-state index in [1.165, 1.54) is 6.04 Å². The first-order valence-electron chi connectivity index (χ1n) is 3.82. The summed E-state index contributed by atoms with van der Waals surface area (Å²) >= 11 is 0. The van der Waals surface area contributed by atoms with Crippen molar-refractivity contribution in [3.8, 4) is 0 Å². The number of rotatable bonds is 0. The molecule has 1 rings (SSSR count). The molecule has 0 aliphatic carbocycles. The van der Waals surface area contributed by atoms with E-state index in [1.807, 2.05) is 6.55 Å². The average molecular weight is 176 g/mol. The molecule has 0 aromatic heterocycles. The van der Waals surface area contributed by atoms with Gasteiger partial charge >= 0.3 is 8.08 Å². The van der Waals surface area contributed by atoms with Gasteiger partial charge in [0, 0.05) is 6.61 Å². The topological polar surface area (TPSA) is 29.5 Å². The van der Waals surface area contributed by atoms with Crippen LogP contribution < -0.4 is 0 Å². The highest BCUT2D eigenvalue weighted by Crippen LogP contribution is 2.27. The molecule has 0 bridgehead atoms. The van der Waals surface area contributed by atoms with E-state index in [2.05, 4.69) is 13.1 Å². The molecular formula is C6H16O2Si2. The molecule has 1 aliphatic rings. The molecule has 1 fully saturated rings. The zero-order valence-corrected chi connectivity index (χ0v) is 8.98. The standard InChI is InChI=1S/C6H16O2Si2/c1-9(2)6-4-5-8-10(9,3)7/h7H,4-6H2,1-3H3. The van der Waals surface area contributed by atoms with Gasteiger partial charge in [-0.3, -0.25) is 0 Å². The van der Waals surface area contributed by atoms with E-state index in [-0.39, 0.29) is 0 Å². The van der Waals surface area contributed by atoms with Crippen LogP contribution in [0.5, 0.6) is 0 Å². The van der Waals surface area contributed by atoms with Crippen molar-refractivity contribution in [3.63, 3.8) is 0 Å². The third kappa shape index (κ3) is 1.34. The fourth-order valence-corrected chi connectivity index (χ4v) is 7.04. The highest BCUT2D eigenvalue weighted by Gasteiger charge is 2.48. The highest BCUT2D eigenvalue weighted by atomic mass is 29.3. The van der Waals surface area contributed by atoms with Crippen molar-refractivity contribution in [1.82, 2.24) is 0 Å². The van der Waals surface area contributed by atoms with Crippen LogP contribution in [0.2, 0.25) is 25.7 Å². The van der Waals surface area contributed by atoms with Crippen LogP contribution in [0.1, 0.15) is 6.42 Å². The Morgan fingerprint density at radius 3 is 2.20 bits per heavy atom. The summed E-state index contributed by atoms with van der Waals surface area (Å²) in [5, 5.41) is 0. The smallest absolute Gasteiger partial charge is 0.310 e. The quantitative estimate of drug-likeness (QED) is 0.563. The van der Waals surface area contributed by atoms with E-state index in [0.29, 0.717) is 0 Å². The molecule has 1 heterocycles. The maximum absolute atomic E-state index is 9.88. The van der Waals surface area contributed by atoms with Crippen molar-refractivity contribution < 1.29 is 9.22 Å². The molecule has 1 unspecified atom stereocenters. The lowest BCUT2D eigenvalue weighted by atomic mass is 10.5. The SMILES string of the molecule is C[Si]1(C)CCCO[Si]1(C)O. The Kier molecular flexibility index (Phi) is 2.06. The molecule has 0 radical (unpaired) electrons. The van der Waals surface area contributed by atoms with Crippen LogP contribution in [-0.2, 0) is 4.43 Å². The highest BCUT2D eigenvalue weighted by molar-refractivity contribution is 7.35. The largest absolute Gasteiger partial charge is 0.413 e. The molecule has 2 nitrogen and oxygen atoms in total. The van der Waals surface area contributed by atoms with Crippen molar-refractivity contribution in [3.05, 3.63) is 0 Å². The number of hydrogen-bond donors (Lipinski definition) is 1. The summed E-state index contributed by atoms with van der Waals surface area (Å²) in [5.41, 5.74) is 0. The molecule has 0 aromatic carbocycles. The zero-order valence-electron chi connectivity index (χ0n) is 6.98. The van der Waals surface area contributed by atoms with E-state index < -0.39 is 15.7 Å². The first-order chi connectivity index (χ1) is 4.46. The first-order valence-corrected chi connectivity index (χ1v) is 10.4. The Morgan fingerprint density at radius 2 is 1.90 bits per heavy atom. The normalized spacial score (nSPS) is 39.6. The predicted octanol–water partition coefficient (Wildman–Crippen LogP) is 1.26. The molecule has 4 heteroatoms. The van der Waals surface area contributed by atoms with E-state index in [4.69, 9.17) is 4.43 Å². The zero-order chi connectivity index (χ0) is 7.83. The van der Waals surface area contributed by atoms with Gasteiger partial charge in [-0.15, -0.1) is 0 Å². The maximum Gasteiger partial charge on any atom is 0.310 e. The Morgan fingerprint density at radius 1 is 1.30 bits per heavy atom. The van der Waals surface area contributed by atoms with Crippen LogP contribution in [-0.4, -0.2) is 27.1 Å². The third-order valence-corrected chi connectivity index (χ3v) is 16.2. The molecule has 60 valence electrons. The van der Waals surface area contributed by atoms with Crippen LogP contribution in [0, 0.1) is 0 Å². The summed E-state index contributed by atoms with van der Waals surface area (Å²) in [6.45, 7) is 7.20. The van der Waals surface area contributed by atoms with Gasteiger partial charge < -0.3 is 9.22 Å². The van der Waals surface area contributed by atoms with E-state index in [1.54, 1.807) is 0 Å². The fourth-order valence-electron chi connectivity index (χ4n) is 1.21. The minimum Gasteiger partial charge on any atom is -0.413 e. The molecule has 1 aliphatic heterocycles. The van der Waals surface area contributed by atoms with E-state index in [0.717, 1.165) is 13.0 Å². The predicted molar refractivity (Wildman–Crippen MR) is 46.7 cm³/mol. The maximum atomic E-state index is 9.88. The van der Waals surface area contributed by atoms with Crippen molar-refractivity contribution in [1.29, 1.82) is 0 Å². The summed E-state index contributed by atoms with van der Waals surface area (Å²) < 4.78 is 5.44. The van der Waals surface area contributed by atoms with Gasteiger partial charge in [0.2, 0.25) is 0 Å².